The van der Waals surface area contributed by atoms with Gasteiger partial charge in [-0.1, -0.05) is 126 Å². The van der Waals surface area contributed by atoms with Gasteiger partial charge in [0.1, 0.15) is 23.3 Å². The Hall–Kier alpha value is -8.46. The van der Waals surface area contributed by atoms with Crippen LogP contribution in [0.4, 0.5) is 51.7 Å². The first-order valence-electron chi connectivity index (χ1n) is 23.0. The van der Waals surface area contributed by atoms with Gasteiger partial charge in [-0.05, 0) is 127 Å². The number of anilines is 6. The Morgan fingerprint density at radius 1 is 0.386 bits per heavy atom. The zero-order valence-corrected chi connectivity index (χ0v) is 39.5. The lowest BCUT2D eigenvalue weighted by Gasteiger charge is -2.30. The van der Waals surface area contributed by atoms with Crippen molar-refractivity contribution in [3.63, 3.8) is 0 Å². The van der Waals surface area contributed by atoms with E-state index in [1.807, 2.05) is 97.1 Å². The number of hydrogen-bond donors (Lipinski definition) is 0. The molecule has 4 nitrogen and oxygen atoms in total. The quantitative estimate of drug-likeness (QED) is 0.113. The van der Waals surface area contributed by atoms with Crippen LogP contribution in [0.2, 0.25) is 0 Å². The summed E-state index contributed by atoms with van der Waals surface area (Å²) < 4.78 is 65.6. The van der Waals surface area contributed by atoms with Crippen molar-refractivity contribution >= 4 is 66.4 Å². The first kappa shape index (κ1) is 45.3. The number of nitriles is 2. The lowest BCUT2D eigenvalue weighted by atomic mass is 9.85. The summed E-state index contributed by atoms with van der Waals surface area (Å²) in [6, 6.07) is 53.9. The summed E-state index contributed by atoms with van der Waals surface area (Å²) in [6.07, 6.45) is 0. The average molecular weight is 923 g/mol. The van der Waals surface area contributed by atoms with E-state index in [1.165, 1.54) is 0 Å². The highest BCUT2D eigenvalue weighted by Gasteiger charge is 2.27. The Morgan fingerprint density at radius 3 is 1.11 bits per heavy atom. The second-order valence-electron chi connectivity index (χ2n) is 19.8. The van der Waals surface area contributed by atoms with Gasteiger partial charge in [-0.3, -0.25) is 0 Å². The van der Waals surface area contributed by atoms with E-state index in [-0.39, 0.29) is 33.3 Å². The normalized spacial score (nSPS) is 11.8. The van der Waals surface area contributed by atoms with E-state index in [0.717, 1.165) is 55.6 Å². The molecule has 0 spiro atoms. The van der Waals surface area contributed by atoms with Crippen LogP contribution in [0.5, 0.6) is 0 Å². The van der Waals surface area contributed by atoms with Crippen molar-refractivity contribution in [1.29, 1.82) is 10.5 Å². The van der Waals surface area contributed by atoms with Crippen LogP contribution in [0, 0.1) is 45.9 Å². The van der Waals surface area contributed by atoms with Crippen molar-refractivity contribution in [1.82, 2.24) is 0 Å². The molecule has 0 aliphatic rings. The summed E-state index contributed by atoms with van der Waals surface area (Å²) in [5, 5.41) is 24.5. The molecule has 0 aliphatic carbocycles. The van der Waals surface area contributed by atoms with Crippen molar-refractivity contribution in [3.8, 4) is 34.4 Å². The minimum atomic E-state index is -0.783. The molecule has 0 aliphatic heterocycles. The third kappa shape index (κ3) is 8.02. The number of halogens is 4. The van der Waals surface area contributed by atoms with Crippen molar-refractivity contribution in [2.45, 2.75) is 52.4 Å². The molecular formula is C62H46F4N4. The first-order valence-corrected chi connectivity index (χ1v) is 23.0. The number of benzene rings is 10. The SMILES string of the molecule is CC(C)(C)c1cccc(-c2cc(N(c3ccc(C#N)cc3)c3ccc4ccc5c(N(c6ccc(C#N)cc6)c6cc(-c7cccc(C(C)(C)C)c7)c(F)cc6F)ccc6ccc3c4c65)c(F)cc2F)c1. The van der Waals surface area contributed by atoms with Gasteiger partial charge in [0.05, 0.1) is 46.0 Å². The van der Waals surface area contributed by atoms with Crippen LogP contribution >= 0.6 is 0 Å². The van der Waals surface area contributed by atoms with Crippen LogP contribution in [0.3, 0.4) is 0 Å². The minimum Gasteiger partial charge on any atom is -0.307 e. The molecule has 10 rings (SSSR count). The van der Waals surface area contributed by atoms with Crippen molar-refractivity contribution in [2.24, 2.45) is 0 Å². The van der Waals surface area contributed by atoms with Crippen molar-refractivity contribution in [2.75, 3.05) is 9.80 Å². The van der Waals surface area contributed by atoms with E-state index in [0.29, 0.717) is 45.0 Å². The Labute approximate surface area is 404 Å². The van der Waals surface area contributed by atoms with E-state index in [9.17, 15) is 10.5 Å². The molecule has 0 bridgehead atoms. The maximum atomic E-state index is 16.7. The van der Waals surface area contributed by atoms with Gasteiger partial charge in [-0.25, -0.2) is 17.6 Å². The smallest absolute Gasteiger partial charge is 0.150 e. The van der Waals surface area contributed by atoms with Crippen LogP contribution < -0.4 is 9.80 Å². The maximum Gasteiger partial charge on any atom is 0.150 e. The van der Waals surface area contributed by atoms with E-state index in [4.69, 9.17) is 0 Å². The summed E-state index contributed by atoms with van der Waals surface area (Å²) in [5.41, 5.74) is 6.49. The van der Waals surface area contributed by atoms with Gasteiger partial charge in [0, 0.05) is 45.4 Å². The summed E-state index contributed by atoms with van der Waals surface area (Å²) in [4.78, 5) is 3.51. The van der Waals surface area contributed by atoms with Crippen LogP contribution in [-0.2, 0) is 10.8 Å². The molecule has 0 saturated carbocycles. The van der Waals surface area contributed by atoms with Crippen LogP contribution in [-0.4, -0.2) is 0 Å². The third-order valence-corrected chi connectivity index (χ3v) is 13.2. The largest absolute Gasteiger partial charge is 0.307 e. The molecule has 8 heteroatoms. The fourth-order valence-electron chi connectivity index (χ4n) is 9.51. The zero-order valence-electron chi connectivity index (χ0n) is 39.5. The number of rotatable bonds is 8. The number of nitrogens with zero attached hydrogens (tertiary/aromatic N) is 4. The molecule has 10 aromatic carbocycles. The highest BCUT2D eigenvalue weighted by atomic mass is 19.1. The molecule has 0 fully saturated rings. The lowest BCUT2D eigenvalue weighted by molar-refractivity contribution is 0.584. The molecule has 0 saturated heterocycles. The Morgan fingerprint density at radius 2 is 0.757 bits per heavy atom. The van der Waals surface area contributed by atoms with Crippen LogP contribution in [0.1, 0.15) is 63.8 Å². The van der Waals surface area contributed by atoms with Gasteiger partial charge in [0.25, 0.3) is 0 Å². The van der Waals surface area contributed by atoms with Crippen molar-refractivity contribution < 1.29 is 17.6 Å². The van der Waals surface area contributed by atoms with Gasteiger partial charge in [-0.2, -0.15) is 10.5 Å². The van der Waals surface area contributed by atoms with Gasteiger partial charge >= 0.3 is 0 Å². The van der Waals surface area contributed by atoms with Gasteiger partial charge in [0.15, 0.2) is 0 Å². The lowest BCUT2D eigenvalue weighted by Crippen LogP contribution is -2.14. The van der Waals surface area contributed by atoms with E-state index in [2.05, 4.69) is 53.7 Å². The van der Waals surface area contributed by atoms with Gasteiger partial charge < -0.3 is 9.80 Å². The Balaban J connectivity index is 1.21. The second kappa shape index (κ2) is 17.3. The Bertz CT molecular complexity index is 3510. The number of hydrogen-bond acceptors (Lipinski definition) is 4. The first-order chi connectivity index (χ1) is 33.5. The molecule has 0 aromatic heterocycles. The van der Waals surface area contributed by atoms with E-state index < -0.39 is 23.3 Å². The van der Waals surface area contributed by atoms with Crippen molar-refractivity contribution in [3.05, 3.63) is 215 Å². The van der Waals surface area contributed by atoms with E-state index >= 15 is 17.6 Å². The summed E-state index contributed by atoms with van der Waals surface area (Å²) in [6.45, 7) is 12.5. The molecule has 10 aromatic rings. The predicted octanol–water partition coefficient (Wildman–Crippen LogP) is 17.8. The zero-order chi connectivity index (χ0) is 49.2. The monoisotopic (exact) mass is 922 g/mol. The topological polar surface area (TPSA) is 54.1 Å². The Kier molecular flexibility index (Phi) is 11.2. The molecule has 0 radical (unpaired) electrons. The minimum absolute atomic E-state index is 0.0978. The highest BCUT2D eigenvalue weighted by Crippen LogP contribution is 2.49. The van der Waals surface area contributed by atoms with E-state index in [1.54, 1.807) is 70.5 Å². The molecule has 0 unspecified atom stereocenters. The average Bonchev–Trinajstić information content (AvgIpc) is 3.35. The van der Waals surface area contributed by atoms with Gasteiger partial charge in [-0.15, -0.1) is 0 Å². The van der Waals surface area contributed by atoms with Gasteiger partial charge in [0.2, 0.25) is 0 Å². The summed E-state index contributed by atoms with van der Waals surface area (Å²) in [7, 11) is 0. The summed E-state index contributed by atoms with van der Waals surface area (Å²) >= 11 is 0. The molecule has 342 valence electrons. The molecule has 70 heavy (non-hydrogen) atoms. The second-order valence-corrected chi connectivity index (χ2v) is 19.8. The molecule has 0 amide bonds. The fourth-order valence-corrected chi connectivity index (χ4v) is 9.51. The van der Waals surface area contributed by atoms with Crippen LogP contribution in [0.25, 0.3) is 54.6 Å². The molecule has 0 N–H and O–H groups in total. The maximum absolute atomic E-state index is 16.7. The third-order valence-electron chi connectivity index (χ3n) is 13.2. The predicted molar refractivity (Wildman–Crippen MR) is 277 cm³/mol. The fraction of sp³-hybridized carbons (Fsp3) is 0.129. The molecule has 0 heterocycles. The molecular weight excluding hydrogens is 877 g/mol. The van der Waals surface area contributed by atoms with Crippen LogP contribution in [0.15, 0.2) is 170 Å². The summed E-state index contributed by atoms with van der Waals surface area (Å²) in [5.74, 6) is -2.97. The molecule has 0 atom stereocenters. The highest BCUT2D eigenvalue weighted by molar-refractivity contribution is 6.28. The standard InChI is InChI=1S/C62H46F4N4/c1-61(2,3)43-11-7-9-41(29-43)49-31-57(53(65)33-51(49)63)69(45-21-13-37(35-67)14-22-45)55-27-19-39-18-26-48-56(28-20-40-17-25-47(55)59(39)60(40)48)70(46-23-15-38(36-68)16-24-46)58-32-50(52(64)34-54(58)66)42-10-8-12-44(30-42)62(4,5)6/h7-34H,1-6H3.